The zero-order chi connectivity index (χ0) is 14.2. The van der Waals surface area contributed by atoms with Crippen molar-refractivity contribution >= 4 is 0 Å². The molecule has 1 saturated heterocycles. The van der Waals surface area contributed by atoms with Crippen LogP contribution in [0.25, 0.3) is 0 Å². The summed E-state index contributed by atoms with van der Waals surface area (Å²) >= 11 is 0. The van der Waals surface area contributed by atoms with Crippen molar-refractivity contribution in [2.75, 3.05) is 13.1 Å². The lowest BCUT2D eigenvalue weighted by atomic mass is 10.0. The van der Waals surface area contributed by atoms with Crippen LogP contribution in [0.4, 0.5) is 0 Å². The molecule has 2 fully saturated rings. The Labute approximate surface area is 127 Å². The number of benzene rings is 2. The van der Waals surface area contributed by atoms with Gasteiger partial charge in [0, 0.05) is 19.6 Å². The van der Waals surface area contributed by atoms with Crippen LogP contribution in [0.1, 0.15) is 29.5 Å². The van der Waals surface area contributed by atoms with Crippen LogP contribution in [0.15, 0.2) is 54.6 Å². The maximum Gasteiger partial charge on any atom is 0.0233 e. The molecule has 1 saturated carbocycles. The summed E-state index contributed by atoms with van der Waals surface area (Å²) in [4.78, 5) is 2.63. The third kappa shape index (κ3) is 2.51. The minimum atomic E-state index is 0.836. The number of hydrogen-bond acceptors (Lipinski definition) is 1. The van der Waals surface area contributed by atoms with Crippen molar-refractivity contribution in [1.29, 1.82) is 0 Å². The summed E-state index contributed by atoms with van der Waals surface area (Å²) in [6, 6.07) is 20.2. The van der Waals surface area contributed by atoms with Crippen LogP contribution >= 0.6 is 0 Å². The molecular formula is C20H23N. The molecule has 1 heteroatoms. The summed E-state index contributed by atoms with van der Waals surface area (Å²) in [5, 5.41) is 0. The molecule has 1 aliphatic carbocycles. The second-order valence-electron chi connectivity index (χ2n) is 6.63. The van der Waals surface area contributed by atoms with Crippen LogP contribution in [0.3, 0.4) is 0 Å². The highest BCUT2D eigenvalue weighted by molar-refractivity contribution is 5.33. The van der Waals surface area contributed by atoms with Gasteiger partial charge in [-0.2, -0.15) is 0 Å². The number of piperidine rings is 1. The van der Waals surface area contributed by atoms with E-state index in [0.29, 0.717) is 0 Å². The van der Waals surface area contributed by atoms with Crippen molar-refractivity contribution in [3.8, 4) is 0 Å². The Morgan fingerprint density at radius 3 is 2.14 bits per heavy atom. The van der Waals surface area contributed by atoms with Gasteiger partial charge in [-0.3, -0.25) is 4.90 Å². The highest BCUT2D eigenvalue weighted by Crippen LogP contribution is 2.58. The molecule has 4 rings (SSSR count). The molecule has 2 aromatic carbocycles. The molecular weight excluding hydrogens is 254 g/mol. The molecule has 1 aliphatic heterocycles. The standard InChI is InChI=1S/C20H23N/c1-2-15-8-10-17(11-9-15)20-18-13-21(14-19(18)20)12-16-6-4-3-5-7-16/h3-11,18-20H,2,12-14H2,1H3/t18-,19+,20?. The molecule has 2 aromatic rings. The van der Waals surface area contributed by atoms with Gasteiger partial charge in [0.2, 0.25) is 0 Å². The third-order valence-corrected chi connectivity index (χ3v) is 5.29. The Bertz CT molecular complexity index is 589. The predicted octanol–water partition coefficient (Wildman–Crippen LogP) is 4.09. The van der Waals surface area contributed by atoms with Gasteiger partial charge in [0.15, 0.2) is 0 Å². The van der Waals surface area contributed by atoms with Crippen LogP contribution in [-0.4, -0.2) is 18.0 Å². The molecule has 1 nitrogen and oxygen atoms in total. The molecule has 1 heterocycles. The van der Waals surface area contributed by atoms with Crippen molar-refractivity contribution < 1.29 is 0 Å². The lowest BCUT2D eigenvalue weighted by Crippen LogP contribution is -2.23. The fraction of sp³-hybridized carbons (Fsp3) is 0.400. The number of fused-ring (bicyclic) bond motifs is 1. The summed E-state index contributed by atoms with van der Waals surface area (Å²) in [5.74, 6) is 2.64. The van der Waals surface area contributed by atoms with Gasteiger partial charge in [-0.15, -0.1) is 0 Å². The fourth-order valence-corrected chi connectivity index (χ4v) is 4.05. The Morgan fingerprint density at radius 2 is 1.52 bits per heavy atom. The maximum atomic E-state index is 2.63. The lowest BCUT2D eigenvalue weighted by molar-refractivity contribution is 0.290. The molecule has 0 amide bonds. The largest absolute Gasteiger partial charge is 0.298 e. The van der Waals surface area contributed by atoms with Gasteiger partial charge in [0.05, 0.1) is 0 Å². The second-order valence-corrected chi connectivity index (χ2v) is 6.63. The fourth-order valence-electron chi connectivity index (χ4n) is 4.05. The Morgan fingerprint density at radius 1 is 0.857 bits per heavy atom. The normalized spacial score (nSPS) is 27.6. The van der Waals surface area contributed by atoms with Crippen LogP contribution in [0.5, 0.6) is 0 Å². The van der Waals surface area contributed by atoms with Gasteiger partial charge in [-0.1, -0.05) is 61.5 Å². The Hall–Kier alpha value is -1.60. The van der Waals surface area contributed by atoms with Crippen molar-refractivity contribution in [2.24, 2.45) is 11.8 Å². The average molecular weight is 277 g/mol. The minimum absolute atomic E-state index is 0.836. The quantitative estimate of drug-likeness (QED) is 0.813. The number of aryl methyl sites for hydroxylation is 1. The lowest BCUT2D eigenvalue weighted by Gasteiger charge is -2.19. The van der Waals surface area contributed by atoms with E-state index in [1.165, 1.54) is 24.2 Å². The molecule has 1 unspecified atom stereocenters. The summed E-state index contributed by atoms with van der Waals surface area (Å²) in [5.41, 5.74) is 4.47. The minimum Gasteiger partial charge on any atom is -0.298 e. The Balaban J connectivity index is 1.36. The van der Waals surface area contributed by atoms with Crippen LogP contribution in [0, 0.1) is 11.8 Å². The van der Waals surface area contributed by atoms with E-state index in [4.69, 9.17) is 0 Å². The number of nitrogens with zero attached hydrogens (tertiary/aromatic N) is 1. The zero-order valence-corrected chi connectivity index (χ0v) is 12.7. The summed E-state index contributed by atoms with van der Waals surface area (Å²) in [7, 11) is 0. The van der Waals surface area contributed by atoms with Gasteiger partial charge < -0.3 is 0 Å². The van der Waals surface area contributed by atoms with E-state index >= 15 is 0 Å². The topological polar surface area (TPSA) is 3.24 Å². The molecule has 0 spiro atoms. The summed E-state index contributed by atoms with van der Waals surface area (Å²) < 4.78 is 0. The van der Waals surface area contributed by atoms with E-state index < -0.39 is 0 Å². The zero-order valence-electron chi connectivity index (χ0n) is 12.7. The van der Waals surface area contributed by atoms with E-state index in [1.807, 2.05) is 0 Å². The average Bonchev–Trinajstić information content (AvgIpc) is 3.04. The smallest absolute Gasteiger partial charge is 0.0233 e. The number of hydrogen-bond donors (Lipinski definition) is 0. The molecule has 3 atom stereocenters. The number of rotatable bonds is 4. The summed E-state index contributed by atoms with van der Waals surface area (Å²) in [6.07, 6.45) is 1.14. The third-order valence-electron chi connectivity index (χ3n) is 5.29. The van der Waals surface area contributed by atoms with Crippen molar-refractivity contribution in [1.82, 2.24) is 4.90 Å². The number of likely N-dealkylation sites (tertiary alicyclic amines) is 1. The Kier molecular flexibility index (Phi) is 3.31. The summed E-state index contributed by atoms with van der Waals surface area (Å²) in [6.45, 7) is 5.90. The molecule has 21 heavy (non-hydrogen) atoms. The van der Waals surface area contributed by atoms with Crippen LogP contribution < -0.4 is 0 Å². The van der Waals surface area contributed by atoms with E-state index in [1.54, 1.807) is 5.56 Å². The predicted molar refractivity (Wildman–Crippen MR) is 87.3 cm³/mol. The van der Waals surface area contributed by atoms with Gasteiger partial charge in [0.1, 0.15) is 0 Å². The van der Waals surface area contributed by atoms with E-state index in [-0.39, 0.29) is 0 Å². The van der Waals surface area contributed by atoms with Crippen molar-refractivity contribution in [2.45, 2.75) is 25.8 Å². The molecule has 2 aliphatic rings. The van der Waals surface area contributed by atoms with E-state index in [0.717, 1.165) is 30.7 Å². The van der Waals surface area contributed by atoms with Gasteiger partial charge in [0.25, 0.3) is 0 Å². The highest BCUT2D eigenvalue weighted by Gasteiger charge is 2.55. The van der Waals surface area contributed by atoms with Gasteiger partial charge in [-0.25, -0.2) is 0 Å². The van der Waals surface area contributed by atoms with Crippen LogP contribution in [0.2, 0.25) is 0 Å². The SMILES string of the molecule is CCc1ccc(C2[C@H]3CN(Cc4ccccc4)C[C@@H]23)cc1. The monoisotopic (exact) mass is 277 g/mol. The first-order valence-electron chi connectivity index (χ1n) is 8.20. The van der Waals surface area contributed by atoms with Gasteiger partial charge >= 0.3 is 0 Å². The highest BCUT2D eigenvalue weighted by atomic mass is 15.2. The van der Waals surface area contributed by atoms with Gasteiger partial charge in [-0.05, 0) is 40.9 Å². The first-order valence-corrected chi connectivity index (χ1v) is 8.20. The molecule has 0 bridgehead atoms. The first kappa shape index (κ1) is 13.1. The maximum absolute atomic E-state index is 2.63. The van der Waals surface area contributed by atoms with Crippen molar-refractivity contribution in [3.63, 3.8) is 0 Å². The molecule has 0 radical (unpaired) electrons. The van der Waals surface area contributed by atoms with Crippen LogP contribution in [-0.2, 0) is 13.0 Å². The molecule has 108 valence electrons. The first-order chi connectivity index (χ1) is 10.3. The molecule has 0 aromatic heterocycles. The van der Waals surface area contributed by atoms with E-state index in [9.17, 15) is 0 Å². The van der Waals surface area contributed by atoms with Crippen molar-refractivity contribution in [3.05, 3.63) is 71.3 Å². The molecule has 0 N–H and O–H groups in total. The second kappa shape index (κ2) is 5.31. The van der Waals surface area contributed by atoms with E-state index in [2.05, 4.69) is 66.4 Å².